The van der Waals surface area contributed by atoms with Crippen LogP contribution in [-0.2, 0) is 6.54 Å². The average molecular weight is 314 g/mol. The summed E-state index contributed by atoms with van der Waals surface area (Å²) in [4.78, 5) is 0. The summed E-state index contributed by atoms with van der Waals surface area (Å²) in [6, 6.07) is 4.75. The third-order valence-electron chi connectivity index (χ3n) is 2.95. The lowest BCUT2D eigenvalue weighted by molar-refractivity contribution is 0.294. The number of rotatable bonds is 7. The Morgan fingerprint density at radius 1 is 1.33 bits per heavy atom. The highest BCUT2D eigenvalue weighted by Gasteiger charge is 2.20. The second-order valence-corrected chi connectivity index (χ2v) is 5.45. The zero-order valence-corrected chi connectivity index (χ0v) is 12.5. The molecule has 4 heteroatoms. The standard InChI is InChI=1S/C14H20BrNO2/c1-3-6-18-14-8-12(15)10(7-13(14)17-2)9-16-11-4-5-11/h7-8,11,16H,3-6,9H2,1-2H3. The van der Waals surface area contributed by atoms with Crippen molar-refractivity contribution in [3.63, 3.8) is 0 Å². The summed E-state index contributed by atoms with van der Waals surface area (Å²) < 4.78 is 12.1. The highest BCUT2D eigenvalue weighted by atomic mass is 79.9. The van der Waals surface area contributed by atoms with E-state index in [1.54, 1.807) is 7.11 Å². The second-order valence-electron chi connectivity index (χ2n) is 4.60. The van der Waals surface area contributed by atoms with E-state index < -0.39 is 0 Å². The number of hydrogen-bond acceptors (Lipinski definition) is 3. The topological polar surface area (TPSA) is 30.5 Å². The fourth-order valence-corrected chi connectivity index (χ4v) is 2.20. The number of ether oxygens (including phenoxy) is 2. The summed E-state index contributed by atoms with van der Waals surface area (Å²) in [5, 5.41) is 3.50. The van der Waals surface area contributed by atoms with Crippen LogP contribution in [0.5, 0.6) is 11.5 Å². The van der Waals surface area contributed by atoms with E-state index in [2.05, 4.69) is 28.2 Å². The highest BCUT2D eigenvalue weighted by Crippen LogP contribution is 2.34. The molecular weight excluding hydrogens is 294 g/mol. The lowest BCUT2D eigenvalue weighted by Crippen LogP contribution is -2.15. The van der Waals surface area contributed by atoms with E-state index in [1.165, 1.54) is 18.4 Å². The predicted molar refractivity (Wildman–Crippen MR) is 76.3 cm³/mol. The molecule has 0 spiro atoms. The van der Waals surface area contributed by atoms with E-state index in [0.717, 1.165) is 28.9 Å². The Morgan fingerprint density at radius 3 is 2.72 bits per heavy atom. The normalized spacial score (nSPS) is 14.6. The molecule has 1 aromatic carbocycles. The van der Waals surface area contributed by atoms with E-state index in [-0.39, 0.29) is 0 Å². The Balaban J connectivity index is 2.09. The van der Waals surface area contributed by atoms with Gasteiger partial charge in [0.15, 0.2) is 11.5 Å². The first-order valence-electron chi connectivity index (χ1n) is 6.47. The fourth-order valence-electron chi connectivity index (χ4n) is 1.74. The first kappa shape index (κ1) is 13.7. The molecule has 0 unspecified atom stereocenters. The average Bonchev–Trinajstić information content (AvgIpc) is 3.19. The van der Waals surface area contributed by atoms with E-state index >= 15 is 0 Å². The Hall–Kier alpha value is -0.740. The first-order chi connectivity index (χ1) is 8.74. The first-order valence-corrected chi connectivity index (χ1v) is 7.26. The van der Waals surface area contributed by atoms with Crippen LogP contribution in [0.2, 0.25) is 0 Å². The van der Waals surface area contributed by atoms with E-state index in [4.69, 9.17) is 9.47 Å². The van der Waals surface area contributed by atoms with Crippen LogP contribution in [0, 0.1) is 0 Å². The minimum Gasteiger partial charge on any atom is -0.493 e. The number of halogens is 1. The van der Waals surface area contributed by atoms with Crippen molar-refractivity contribution in [2.75, 3.05) is 13.7 Å². The van der Waals surface area contributed by atoms with E-state index in [1.807, 2.05) is 12.1 Å². The molecule has 1 aliphatic rings. The van der Waals surface area contributed by atoms with E-state index in [0.29, 0.717) is 12.6 Å². The zero-order valence-electron chi connectivity index (χ0n) is 11.0. The Morgan fingerprint density at radius 2 is 2.11 bits per heavy atom. The minimum atomic E-state index is 0.707. The molecule has 1 N–H and O–H groups in total. The lowest BCUT2D eigenvalue weighted by Gasteiger charge is -2.14. The molecule has 0 aromatic heterocycles. The summed E-state index contributed by atoms with van der Waals surface area (Å²) in [6.07, 6.45) is 3.59. The van der Waals surface area contributed by atoms with Crippen molar-refractivity contribution in [2.24, 2.45) is 0 Å². The maximum atomic E-state index is 5.68. The summed E-state index contributed by atoms with van der Waals surface area (Å²) in [6.45, 7) is 3.67. The van der Waals surface area contributed by atoms with Crippen LogP contribution < -0.4 is 14.8 Å². The van der Waals surface area contributed by atoms with E-state index in [9.17, 15) is 0 Å². The van der Waals surface area contributed by atoms with Gasteiger partial charge in [-0.25, -0.2) is 0 Å². The Bertz CT molecular complexity index is 405. The van der Waals surface area contributed by atoms with Gasteiger partial charge in [-0.2, -0.15) is 0 Å². The van der Waals surface area contributed by atoms with Crippen molar-refractivity contribution < 1.29 is 9.47 Å². The molecule has 0 aliphatic heterocycles. The van der Waals surface area contributed by atoms with Gasteiger partial charge in [0.1, 0.15) is 0 Å². The third kappa shape index (κ3) is 3.62. The van der Waals surface area contributed by atoms with Crippen LogP contribution in [0.3, 0.4) is 0 Å². The van der Waals surface area contributed by atoms with Gasteiger partial charge in [0.05, 0.1) is 13.7 Å². The molecule has 1 saturated carbocycles. The molecule has 18 heavy (non-hydrogen) atoms. The molecular formula is C14H20BrNO2. The van der Waals surface area contributed by atoms with Crippen molar-refractivity contribution >= 4 is 15.9 Å². The fraction of sp³-hybridized carbons (Fsp3) is 0.571. The quantitative estimate of drug-likeness (QED) is 0.835. The van der Waals surface area contributed by atoms with Gasteiger partial charge in [-0.15, -0.1) is 0 Å². The van der Waals surface area contributed by atoms with Crippen LogP contribution >= 0.6 is 15.9 Å². The van der Waals surface area contributed by atoms with Crippen molar-refractivity contribution in [3.05, 3.63) is 22.2 Å². The molecule has 0 heterocycles. The maximum Gasteiger partial charge on any atom is 0.162 e. The van der Waals surface area contributed by atoms with Crippen LogP contribution in [0.15, 0.2) is 16.6 Å². The van der Waals surface area contributed by atoms with Crippen molar-refractivity contribution in [1.29, 1.82) is 0 Å². The second kappa shape index (κ2) is 6.43. The molecule has 1 aliphatic carbocycles. The number of nitrogens with one attached hydrogen (secondary N) is 1. The molecule has 1 aromatic rings. The van der Waals surface area contributed by atoms with Crippen molar-refractivity contribution in [3.8, 4) is 11.5 Å². The molecule has 3 nitrogen and oxygen atoms in total. The van der Waals surface area contributed by atoms with Crippen LogP contribution in [0.1, 0.15) is 31.7 Å². The van der Waals surface area contributed by atoms with Gasteiger partial charge < -0.3 is 14.8 Å². The molecule has 100 valence electrons. The largest absolute Gasteiger partial charge is 0.493 e. The third-order valence-corrected chi connectivity index (χ3v) is 3.69. The number of benzene rings is 1. The summed E-state index contributed by atoms with van der Waals surface area (Å²) >= 11 is 3.60. The van der Waals surface area contributed by atoms with Gasteiger partial charge in [-0.1, -0.05) is 22.9 Å². The molecule has 0 atom stereocenters. The SMILES string of the molecule is CCCOc1cc(Br)c(CNC2CC2)cc1OC. The monoisotopic (exact) mass is 313 g/mol. The summed E-state index contributed by atoms with van der Waals surface area (Å²) in [5.74, 6) is 1.61. The van der Waals surface area contributed by atoms with Crippen molar-refractivity contribution in [2.45, 2.75) is 38.8 Å². The number of methoxy groups -OCH3 is 1. The minimum absolute atomic E-state index is 0.707. The van der Waals surface area contributed by atoms with Gasteiger partial charge in [-0.3, -0.25) is 0 Å². The van der Waals surface area contributed by atoms with Gasteiger partial charge in [0.25, 0.3) is 0 Å². The van der Waals surface area contributed by atoms with Gasteiger partial charge >= 0.3 is 0 Å². The molecule has 2 rings (SSSR count). The van der Waals surface area contributed by atoms with Crippen molar-refractivity contribution in [1.82, 2.24) is 5.32 Å². The summed E-state index contributed by atoms with van der Waals surface area (Å²) in [5.41, 5.74) is 1.21. The van der Waals surface area contributed by atoms with Crippen LogP contribution in [-0.4, -0.2) is 19.8 Å². The molecule has 0 amide bonds. The summed E-state index contributed by atoms with van der Waals surface area (Å²) in [7, 11) is 1.68. The van der Waals surface area contributed by atoms with Gasteiger partial charge in [0, 0.05) is 17.1 Å². The van der Waals surface area contributed by atoms with Crippen LogP contribution in [0.25, 0.3) is 0 Å². The smallest absolute Gasteiger partial charge is 0.162 e. The highest BCUT2D eigenvalue weighted by molar-refractivity contribution is 9.10. The zero-order chi connectivity index (χ0) is 13.0. The molecule has 1 fully saturated rings. The predicted octanol–water partition coefficient (Wildman–Crippen LogP) is 3.50. The lowest BCUT2D eigenvalue weighted by atomic mass is 10.2. The molecule has 0 radical (unpaired) electrons. The molecule has 0 saturated heterocycles. The Labute approximate surface area is 117 Å². The van der Waals surface area contributed by atoms with Gasteiger partial charge in [0.2, 0.25) is 0 Å². The van der Waals surface area contributed by atoms with Gasteiger partial charge in [-0.05, 0) is 37.0 Å². The Kier molecular flexibility index (Phi) is 4.89. The maximum absolute atomic E-state index is 5.68. The number of hydrogen-bond donors (Lipinski definition) is 1. The molecule has 0 bridgehead atoms. The van der Waals surface area contributed by atoms with Crippen LogP contribution in [0.4, 0.5) is 0 Å².